The van der Waals surface area contributed by atoms with Crippen molar-refractivity contribution in [2.75, 3.05) is 12.3 Å². The number of benzene rings is 3. The number of nitrogens with one attached hydrogen (secondary N) is 2. The molecule has 0 saturated heterocycles. The summed E-state index contributed by atoms with van der Waals surface area (Å²) in [5.41, 5.74) is 14.3. The van der Waals surface area contributed by atoms with E-state index in [9.17, 15) is 9.18 Å². The minimum atomic E-state index is -0.395. The molecule has 0 saturated carbocycles. The van der Waals surface area contributed by atoms with Gasteiger partial charge in [-0.25, -0.2) is 4.39 Å². The third kappa shape index (κ3) is 5.05. The van der Waals surface area contributed by atoms with E-state index < -0.39 is 5.82 Å². The summed E-state index contributed by atoms with van der Waals surface area (Å²) in [6, 6.07) is 19.4. The highest BCUT2D eigenvalue weighted by atomic mass is 19.1. The number of para-hydroxylation sites is 1. The number of ketones is 1. The van der Waals surface area contributed by atoms with E-state index in [4.69, 9.17) is 5.73 Å². The number of fused-ring (bicyclic) bond motifs is 2. The lowest BCUT2D eigenvalue weighted by Gasteiger charge is -2.14. The summed E-state index contributed by atoms with van der Waals surface area (Å²) in [6.07, 6.45) is 6.69. The lowest BCUT2D eigenvalue weighted by molar-refractivity contribution is -0.113. The summed E-state index contributed by atoms with van der Waals surface area (Å²) in [5, 5.41) is 5.06. The quantitative estimate of drug-likeness (QED) is 0.225. The summed E-state index contributed by atoms with van der Waals surface area (Å²) >= 11 is 0. The monoisotopic (exact) mass is 467 g/mol. The Labute approximate surface area is 205 Å². The van der Waals surface area contributed by atoms with Crippen molar-refractivity contribution in [3.05, 3.63) is 106 Å². The molecule has 1 atom stereocenters. The van der Waals surface area contributed by atoms with Gasteiger partial charge in [0.15, 0.2) is 5.78 Å². The number of rotatable bonds is 8. The number of aromatic amines is 1. The number of anilines is 1. The highest BCUT2D eigenvalue weighted by molar-refractivity contribution is 5.95. The summed E-state index contributed by atoms with van der Waals surface area (Å²) in [5.74, 6) is -0.454. The molecule has 1 aliphatic rings. The Kier molecular flexibility index (Phi) is 6.51. The molecule has 0 spiro atoms. The van der Waals surface area contributed by atoms with E-state index in [0.717, 1.165) is 31.4 Å². The molecule has 0 bridgehead atoms. The molecule has 0 radical (unpaired) electrons. The highest BCUT2D eigenvalue weighted by Crippen LogP contribution is 2.32. The van der Waals surface area contributed by atoms with Crippen LogP contribution in [0.1, 0.15) is 46.0 Å². The average molecular weight is 468 g/mol. The van der Waals surface area contributed by atoms with Crippen molar-refractivity contribution in [2.45, 2.75) is 38.6 Å². The van der Waals surface area contributed by atoms with Crippen molar-refractivity contribution in [3.8, 4) is 0 Å². The number of carbonyl (C=O) groups is 1. The Morgan fingerprint density at radius 3 is 2.89 bits per heavy atom. The normalized spacial score (nSPS) is 15.2. The first kappa shape index (κ1) is 23.1. The first-order valence-corrected chi connectivity index (χ1v) is 12.1. The largest absolute Gasteiger partial charge is 0.398 e. The van der Waals surface area contributed by atoms with Gasteiger partial charge in [-0.05, 0) is 84.8 Å². The molecule has 4 N–H and O–H groups in total. The fourth-order valence-electron chi connectivity index (χ4n) is 5.14. The topological polar surface area (TPSA) is 70.9 Å². The van der Waals surface area contributed by atoms with Crippen molar-refractivity contribution >= 4 is 28.4 Å². The molecule has 3 aromatic carbocycles. The predicted octanol–water partition coefficient (Wildman–Crippen LogP) is 5.84. The van der Waals surface area contributed by atoms with Crippen LogP contribution in [0.15, 0.2) is 66.7 Å². The molecular weight excluding hydrogens is 437 g/mol. The summed E-state index contributed by atoms with van der Waals surface area (Å²) < 4.78 is 13.2. The number of halogens is 1. The average Bonchev–Trinajstić information content (AvgIpc) is 3.39. The molecule has 0 fully saturated rings. The van der Waals surface area contributed by atoms with Crippen LogP contribution in [0.2, 0.25) is 0 Å². The van der Waals surface area contributed by atoms with E-state index in [1.54, 1.807) is 12.1 Å². The maximum atomic E-state index is 13.2. The van der Waals surface area contributed by atoms with Crippen molar-refractivity contribution in [1.29, 1.82) is 0 Å². The molecule has 4 nitrogen and oxygen atoms in total. The third-order valence-electron chi connectivity index (χ3n) is 6.97. The lowest BCUT2D eigenvalue weighted by atomic mass is 10.0. The zero-order valence-corrected chi connectivity index (χ0v) is 19.9. The number of nitrogen functional groups attached to an aromatic ring is 1. The van der Waals surface area contributed by atoms with Crippen LogP contribution in [0.4, 0.5) is 10.1 Å². The van der Waals surface area contributed by atoms with Crippen LogP contribution >= 0.6 is 0 Å². The lowest BCUT2D eigenvalue weighted by Crippen LogP contribution is -2.22. The van der Waals surface area contributed by atoms with Gasteiger partial charge >= 0.3 is 0 Å². The van der Waals surface area contributed by atoms with Crippen molar-refractivity contribution in [1.82, 2.24) is 10.3 Å². The molecule has 35 heavy (non-hydrogen) atoms. The zero-order chi connectivity index (χ0) is 24.4. The van der Waals surface area contributed by atoms with Crippen LogP contribution in [-0.4, -0.2) is 17.3 Å². The minimum Gasteiger partial charge on any atom is -0.398 e. The number of hydrogen-bond acceptors (Lipinski definition) is 3. The molecule has 0 amide bonds. The highest BCUT2D eigenvalue weighted by Gasteiger charge is 2.22. The first-order chi connectivity index (χ1) is 17.0. The fraction of sp³-hybridized carbons (Fsp3) is 0.233. The van der Waals surface area contributed by atoms with E-state index in [2.05, 4.69) is 59.7 Å². The minimum absolute atomic E-state index is 0.0593. The Hall–Kier alpha value is -3.70. The van der Waals surface area contributed by atoms with Crippen molar-refractivity contribution in [3.63, 3.8) is 0 Å². The van der Waals surface area contributed by atoms with Gasteiger partial charge in [-0.1, -0.05) is 48.5 Å². The second-order valence-corrected chi connectivity index (χ2v) is 9.35. The number of aromatic nitrogens is 1. The maximum Gasteiger partial charge on any atom is 0.160 e. The van der Waals surface area contributed by atoms with Crippen LogP contribution in [0.25, 0.3) is 17.0 Å². The SMILES string of the molecule is Cc1[nH]c2ccccc2c1CCNC1CCc2cc(/C=C/C(=O)Cc3ccc(F)cc3N)ccc21. The van der Waals surface area contributed by atoms with Crippen LogP contribution in [-0.2, 0) is 24.1 Å². The van der Waals surface area contributed by atoms with Crippen LogP contribution in [0.5, 0.6) is 0 Å². The first-order valence-electron chi connectivity index (χ1n) is 12.1. The third-order valence-corrected chi connectivity index (χ3v) is 6.97. The molecule has 5 rings (SSSR count). The van der Waals surface area contributed by atoms with Gasteiger partial charge in [0.1, 0.15) is 5.82 Å². The van der Waals surface area contributed by atoms with Crippen molar-refractivity contribution in [2.24, 2.45) is 0 Å². The van der Waals surface area contributed by atoms with Gasteiger partial charge < -0.3 is 16.0 Å². The predicted molar refractivity (Wildman–Crippen MR) is 141 cm³/mol. The second-order valence-electron chi connectivity index (χ2n) is 9.35. The second kappa shape index (κ2) is 9.88. The number of hydrogen-bond donors (Lipinski definition) is 3. The molecular formula is C30H30FN3O. The van der Waals surface area contributed by atoms with Gasteiger partial charge in [0, 0.05) is 34.7 Å². The number of allylic oxidation sites excluding steroid dienone is 1. The fourth-order valence-corrected chi connectivity index (χ4v) is 5.14. The van der Waals surface area contributed by atoms with E-state index in [1.165, 1.54) is 45.4 Å². The van der Waals surface area contributed by atoms with Gasteiger partial charge in [-0.15, -0.1) is 0 Å². The number of H-pyrrole nitrogens is 1. The van der Waals surface area contributed by atoms with Gasteiger partial charge in [0.05, 0.1) is 0 Å². The summed E-state index contributed by atoms with van der Waals surface area (Å²) in [4.78, 5) is 15.9. The maximum absolute atomic E-state index is 13.2. The molecule has 178 valence electrons. The number of nitrogens with two attached hydrogens (primary N) is 1. The van der Waals surface area contributed by atoms with E-state index in [1.807, 2.05) is 6.08 Å². The van der Waals surface area contributed by atoms with Gasteiger partial charge in [-0.2, -0.15) is 0 Å². The van der Waals surface area contributed by atoms with Gasteiger partial charge in [-0.3, -0.25) is 4.79 Å². The standard InChI is InChI=1S/C30H30FN3O/c1-19-25(27-4-2-3-5-30(27)34-19)14-15-33-29-13-9-21-16-20(7-12-26(21)29)6-11-24(35)17-22-8-10-23(31)18-28(22)32/h2-8,10-12,16,18,29,33-34H,9,13-15,17,32H2,1H3/b11-6+. The van der Waals surface area contributed by atoms with Crippen LogP contribution in [0, 0.1) is 12.7 Å². The molecule has 1 aromatic heterocycles. The Morgan fingerprint density at radius 2 is 2.03 bits per heavy atom. The number of carbonyl (C=O) groups excluding carboxylic acids is 1. The molecule has 5 heteroatoms. The van der Waals surface area contributed by atoms with E-state index in [-0.39, 0.29) is 12.2 Å². The van der Waals surface area contributed by atoms with Gasteiger partial charge in [0.2, 0.25) is 0 Å². The Morgan fingerprint density at radius 1 is 1.17 bits per heavy atom. The van der Waals surface area contributed by atoms with Gasteiger partial charge in [0.25, 0.3) is 0 Å². The summed E-state index contributed by atoms with van der Waals surface area (Å²) in [7, 11) is 0. The zero-order valence-electron chi connectivity index (χ0n) is 19.9. The molecule has 4 aromatic rings. The molecule has 1 heterocycles. The molecule has 0 aliphatic heterocycles. The van der Waals surface area contributed by atoms with Crippen molar-refractivity contribution < 1.29 is 9.18 Å². The van der Waals surface area contributed by atoms with Crippen LogP contribution < -0.4 is 11.1 Å². The smallest absolute Gasteiger partial charge is 0.160 e. The Balaban J connectivity index is 1.19. The Bertz CT molecular complexity index is 1420. The molecule has 1 aliphatic carbocycles. The summed E-state index contributed by atoms with van der Waals surface area (Å²) in [6.45, 7) is 3.07. The van der Waals surface area contributed by atoms with E-state index >= 15 is 0 Å². The molecule has 1 unspecified atom stereocenters. The number of aryl methyl sites for hydroxylation is 2. The van der Waals surface area contributed by atoms with E-state index in [0.29, 0.717) is 17.3 Å². The van der Waals surface area contributed by atoms with Crippen LogP contribution in [0.3, 0.4) is 0 Å².